The second-order valence-electron chi connectivity index (χ2n) is 4.11. The summed E-state index contributed by atoms with van der Waals surface area (Å²) in [6.07, 6.45) is -0.652. The van der Waals surface area contributed by atoms with Crippen LogP contribution in [0.3, 0.4) is 0 Å². The molecule has 10 heteroatoms. The smallest absolute Gasteiger partial charge is 0.326 e. The lowest BCUT2D eigenvalue weighted by molar-refractivity contribution is -0.145. The number of hydrogen-bond acceptors (Lipinski definition) is 5. The van der Waals surface area contributed by atoms with Crippen molar-refractivity contribution in [2.24, 2.45) is 0 Å². The Labute approximate surface area is 112 Å². The van der Waals surface area contributed by atoms with Gasteiger partial charge in [-0.25, -0.2) is 9.59 Å². The van der Waals surface area contributed by atoms with Crippen LogP contribution in [0.25, 0.3) is 0 Å². The van der Waals surface area contributed by atoms with Gasteiger partial charge in [0.1, 0.15) is 12.1 Å². The zero-order valence-corrected chi connectivity index (χ0v) is 10.2. The van der Waals surface area contributed by atoms with Crippen LogP contribution in [0.4, 0.5) is 4.79 Å². The Kier molecular flexibility index (Phi) is 5.01. The minimum atomic E-state index is -1.61. The summed E-state index contributed by atoms with van der Waals surface area (Å²) >= 11 is 0. The van der Waals surface area contributed by atoms with Gasteiger partial charge >= 0.3 is 18.0 Å². The monoisotopic (exact) mass is 287 g/mol. The van der Waals surface area contributed by atoms with Gasteiger partial charge in [-0.1, -0.05) is 0 Å². The Morgan fingerprint density at radius 3 is 2.45 bits per heavy atom. The molecule has 1 rings (SSSR count). The first-order valence-electron chi connectivity index (χ1n) is 5.65. The highest BCUT2D eigenvalue weighted by atomic mass is 16.4. The van der Waals surface area contributed by atoms with Gasteiger partial charge in [-0.2, -0.15) is 0 Å². The molecule has 5 N–H and O–H groups in total. The molecule has 0 radical (unpaired) electrons. The van der Waals surface area contributed by atoms with Gasteiger partial charge in [0.05, 0.1) is 6.42 Å². The van der Waals surface area contributed by atoms with Gasteiger partial charge in [0, 0.05) is 6.42 Å². The Morgan fingerprint density at radius 2 is 1.95 bits per heavy atom. The maximum absolute atomic E-state index is 11.5. The molecule has 1 fully saturated rings. The fourth-order valence-corrected chi connectivity index (χ4v) is 1.56. The maximum Gasteiger partial charge on any atom is 0.326 e. The molecule has 0 bridgehead atoms. The van der Waals surface area contributed by atoms with Crippen molar-refractivity contribution in [2.75, 3.05) is 0 Å². The second-order valence-corrected chi connectivity index (χ2v) is 4.11. The van der Waals surface area contributed by atoms with E-state index in [1.807, 2.05) is 10.6 Å². The van der Waals surface area contributed by atoms with Crippen LogP contribution in [-0.2, 0) is 19.2 Å². The molecule has 0 saturated carbocycles. The summed E-state index contributed by atoms with van der Waals surface area (Å²) in [4.78, 5) is 54.9. The lowest BCUT2D eigenvalue weighted by Gasteiger charge is -2.22. The van der Waals surface area contributed by atoms with Gasteiger partial charge in [-0.15, -0.1) is 0 Å². The van der Waals surface area contributed by atoms with Crippen LogP contribution in [0.1, 0.15) is 19.3 Å². The number of piperidine rings is 1. The Balaban J connectivity index is 2.53. The number of imide groups is 1. The highest BCUT2D eigenvalue weighted by Gasteiger charge is 2.29. The predicted octanol–water partition coefficient (Wildman–Crippen LogP) is -1.98. The van der Waals surface area contributed by atoms with E-state index in [0.717, 1.165) is 0 Å². The van der Waals surface area contributed by atoms with E-state index in [9.17, 15) is 24.0 Å². The normalized spacial score (nSPS) is 19.7. The average molecular weight is 287 g/mol. The number of aliphatic carboxylic acids is 2. The topological polar surface area (TPSA) is 162 Å². The number of carboxylic acids is 2. The van der Waals surface area contributed by atoms with Crippen molar-refractivity contribution in [3.63, 3.8) is 0 Å². The summed E-state index contributed by atoms with van der Waals surface area (Å²) in [5.74, 6) is -4.05. The molecule has 1 saturated heterocycles. The van der Waals surface area contributed by atoms with Crippen molar-refractivity contribution in [3.8, 4) is 0 Å². The third kappa shape index (κ3) is 4.55. The zero-order valence-electron chi connectivity index (χ0n) is 10.2. The molecule has 2 unspecified atom stereocenters. The number of rotatable bonds is 5. The average Bonchev–Trinajstić information content (AvgIpc) is 2.31. The second kappa shape index (κ2) is 6.50. The number of carboxylic acid groups (broad SMARTS) is 2. The number of urea groups is 1. The van der Waals surface area contributed by atoms with Crippen molar-refractivity contribution in [1.29, 1.82) is 0 Å². The largest absolute Gasteiger partial charge is 0.481 e. The fraction of sp³-hybridized carbons (Fsp3) is 0.500. The van der Waals surface area contributed by atoms with Crippen LogP contribution < -0.4 is 16.0 Å². The van der Waals surface area contributed by atoms with Crippen LogP contribution in [-0.4, -0.2) is 52.1 Å². The van der Waals surface area contributed by atoms with Gasteiger partial charge in [0.25, 0.3) is 0 Å². The van der Waals surface area contributed by atoms with Crippen LogP contribution >= 0.6 is 0 Å². The van der Waals surface area contributed by atoms with E-state index in [4.69, 9.17) is 10.2 Å². The first-order valence-corrected chi connectivity index (χ1v) is 5.65. The van der Waals surface area contributed by atoms with Crippen LogP contribution in [0.15, 0.2) is 0 Å². The van der Waals surface area contributed by atoms with E-state index in [2.05, 4.69) is 5.32 Å². The van der Waals surface area contributed by atoms with Crippen LogP contribution in [0.2, 0.25) is 0 Å². The molecule has 2 atom stereocenters. The Bertz CT molecular complexity index is 462. The number of hydrogen-bond donors (Lipinski definition) is 5. The van der Waals surface area contributed by atoms with Crippen molar-refractivity contribution >= 4 is 29.8 Å². The third-order valence-electron chi connectivity index (χ3n) is 2.53. The molecule has 1 aliphatic heterocycles. The van der Waals surface area contributed by atoms with E-state index in [-0.39, 0.29) is 12.8 Å². The summed E-state index contributed by atoms with van der Waals surface area (Å²) in [6, 6.07) is -3.57. The highest BCUT2D eigenvalue weighted by Crippen LogP contribution is 2.04. The van der Waals surface area contributed by atoms with Gasteiger partial charge < -0.3 is 20.8 Å². The van der Waals surface area contributed by atoms with Gasteiger partial charge in [-0.3, -0.25) is 19.7 Å². The van der Waals surface area contributed by atoms with E-state index >= 15 is 0 Å². The molecule has 1 heterocycles. The Morgan fingerprint density at radius 1 is 1.30 bits per heavy atom. The van der Waals surface area contributed by atoms with Crippen molar-refractivity contribution in [1.82, 2.24) is 16.0 Å². The molecular weight excluding hydrogens is 274 g/mol. The lowest BCUT2D eigenvalue weighted by atomic mass is 10.1. The first-order chi connectivity index (χ1) is 9.29. The van der Waals surface area contributed by atoms with Crippen molar-refractivity contribution in [3.05, 3.63) is 0 Å². The fourth-order valence-electron chi connectivity index (χ4n) is 1.56. The summed E-state index contributed by atoms with van der Waals surface area (Å²) in [6.45, 7) is 0. The third-order valence-corrected chi connectivity index (χ3v) is 2.53. The SMILES string of the molecule is O=C(O)CC(NC(=O)NC1CCC(=O)NC1=O)C(=O)O. The van der Waals surface area contributed by atoms with E-state index in [1.54, 1.807) is 0 Å². The molecule has 0 aromatic carbocycles. The molecule has 20 heavy (non-hydrogen) atoms. The molecule has 0 aliphatic carbocycles. The van der Waals surface area contributed by atoms with Gasteiger partial charge in [-0.05, 0) is 6.42 Å². The van der Waals surface area contributed by atoms with Crippen molar-refractivity contribution in [2.45, 2.75) is 31.3 Å². The summed E-state index contributed by atoms with van der Waals surface area (Å²) < 4.78 is 0. The summed E-state index contributed by atoms with van der Waals surface area (Å²) in [5.41, 5.74) is 0. The molecule has 1 aliphatic rings. The van der Waals surface area contributed by atoms with Gasteiger partial charge in [0.2, 0.25) is 11.8 Å². The molecular formula is C10H13N3O7. The summed E-state index contributed by atoms with van der Waals surface area (Å²) in [7, 11) is 0. The quantitative estimate of drug-likeness (QED) is 0.366. The maximum atomic E-state index is 11.5. The number of amides is 4. The molecule has 4 amide bonds. The van der Waals surface area contributed by atoms with Crippen molar-refractivity contribution < 1.29 is 34.2 Å². The molecule has 110 valence electrons. The molecule has 0 aromatic rings. The summed E-state index contributed by atoms with van der Waals surface area (Å²) in [5, 5.41) is 23.4. The zero-order chi connectivity index (χ0) is 15.3. The number of nitrogens with one attached hydrogen (secondary N) is 3. The molecule has 10 nitrogen and oxygen atoms in total. The Hall–Kier alpha value is -2.65. The van der Waals surface area contributed by atoms with E-state index in [0.29, 0.717) is 0 Å². The highest BCUT2D eigenvalue weighted by molar-refractivity contribution is 6.01. The van der Waals surface area contributed by atoms with Crippen LogP contribution in [0, 0.1) is 0 Å². The number of carbonyl (C=O) groups excluding carboxylic acids is 3. The van der Waals surface area contributed by atoms with Crippen LogP contribution in [0.5, 0.6) is 0 Å². The lowest BCUT2D eigenvalue weighted by Crippen LogP contribution is -2.56. The number of carbonyl (C=O) groups is 5. The minimum Gasteiger partial charge on any atom is -0.481 e. The predicted molar refractivity (Wildman–Crippen MR) is 61.5 cm³/mol. The van der Waals surface area contributed by atoms with E-state index in [1.165, 1.54) is 0 Å². The minimum absolute atomic E-state index is 0.0498. The van der Waals surface area contributed by atoms with E-state index < -0.39 is 48.3 Å². The van der Waals surface area contributed by atoms with Gasteiger partial charge in [0.15, 0.2) is 0 Å². The molecule has 0 spiro atoms. The standard InChI is InChI=1S/C10H13N3O7/c14-6-2-1-4(8(17)13-6)11-10(20)12-5(9(18)19)3-7(15)16/h4-5H,1-3H2,(H,15,16)(H,18,19)(H2,11,12,20)(H,13,14,17). The first kappa shape index (κ1) is 15.4. The molecule has 0 aromatic heterocycles.